The van der Waals surface area contributed by atoms with Gasteiger partial charge in [0.2, 0.25) is 0 Å². The molecule has 0 radical (unpaired) electrons. The Morgan fingerprint density at radius 2 is 2.00 bits per heavy atom. The maximum Gasteiger partial charge on any atom is 0.0103 e. The zero-order valence-electron chi connectivity index (χ0n) is 8.55. The van der Waals surface area contributed by atoms with Gasteiger partial charge in [-0.25, -0.2) is 0 Å². The van der Waals surface area contributed by atoms with Gasteiger partial charge < -0.3 is 0 Å². The normalized spacial score (nSPS) is 13.3. The van der Waals surface area contributed by atoms with Gasteiger partial charge in [-0.3, -0.25) is 0 Å². The molecule has 1 aromatic carbocycles. The van der Waals surface area contributed by atoms with Crippen molar-refractivity contribution in [3.8, 4) is 0 Å². The van der Waals surface area contributed by atoms with Crippen molar-refractivity contribution < 1.29 is 0 Å². The Kier molecular flexibility index (Phi) is 3.98. The lowest BCUT2D eigenvalue weighted by molar-refractivity contribution is 0.544. The molecule has 1 unspecified atom stereocenters. The molecule has 72 valence electrons. The van der Waals surface area contributed by atoms with Crippen LogP contribution in [0.4, 0.5) is 0 Å². The monoisotopic (exact) mass is 240 g/mol. The molecule has 1 aromatic rings. The van der Waals surface area contributed by atoms with E-state index in [-0.39, 0.29) is 0 Å². The van der Waals surface area contributed by atoms with Gasteiger partial charge in [0, 0.05) is 5.33 Å². The molecule has 0 heterocycles. The van der Waals surface area contributed by atoms with Gasteiger partial charge >= 0.3 is 0 Å². The minimum absolute atomic E-state index is 0.639. The molecule has 0 saturated heterocycles. The number of hydrogen-bond donors (Lipinski definition) is 0. The summed E-state index contributed by atoms with van der Waals surface area (Å²) >= 11 is 3.58. The lowest BCUT2D eigenvalue weighted by Crippen LogP contribution is -2.07. The first-order valence-electron chi connectivity index (χ1n) is 4.77. The van der Waals surface area contributed by atoms with E-state index in [4.69, 9.17) is 0 Å². The van der Waals surface area contributed by atoms with Crippen molar-refractivity contribution in [1.29, 1.82) is 0 Å². The van der Waals surface area contributed by atoms with Crippen molar-refractivity contribution in [3.63, 3.8) is 0 Å². The molecule has 0 amide bonds. The van der Waals surface area contributed by atoms with Crippen molar-refractivity contribution in [3.05, 3.63) is 35.4 Å². The van der Waals surface area contributed by atoms with E-state index in [1.807, 2.05) is 0 Å². The molecule has 0 saturated carbocycles. The predicted molar refractivity (Wildman–Crippen MR) is 62.6 cm³/mol. The quantitative estimate of drug-likeness (QED) is 0.698. The molecule has 1 atom stereocenters. The number of benzene rings is 1. The standard InChI is InChI=1S/C12H17Br/c1-9(2)12(8-13)11-6-4-5-10(3)7-11/h4-7,9,12H,8H2,1-3H3. The molecule has 0 aliphatic carbocycles. The van der Waals surface area contributed by atoms with Crippen molar-refractivity contribution in [1.82, 2.24) is 0 Å². The first-order valence-corrected chi connectivity index (χ1v) is 5.90. The van der Waals surface area contributed by atoms with E-state index < -0.39 is 0 Å². The molecule has 0 aliphatic heterocycles. The smallest absolute Gasteiger partial charge is 0.0103 e. The summed E-state index contributed by atoms with van der Waals surface area (Å²) in [5, 5.41) is 1.05. The van der Waals surface area contributed by atoms with Crippen molar-refractivity contribution >= 4 is 15.9 Å². The summed E-state index contributed by atoms with van der Waals surface area (Å²) in [5.41, 5.74) is 2.80. The van der Waals surface area contributed by atoms with Crippen molar-refractivity contribution in [2.24, 2.45) is 5.92 Å². The highest BCUT2D eigenvalue weighted by Crippen LogP contribution is 2.26. The lowest BCUT2D eigenvalue weighted by Gasteiger charge is -2.18. The SMILES string of the molecule is Cc1cccc(C(CBr)C(C)C)c1. The van der Waals surface area contributed by atoms with Gasteiger partial charge in [0.25, 0.3) is 0 Å². The highest BCUT2D eigenvalue weighted by Gasteiger charge is 2.13. The third-order valence-electron chi connectivity index (χ3n) is 2.44. The number of halogens is 1. The van der Waals surface area contributed by atoms with Crippen molar-refractivity contribution in [2.45, 2.75) is 26.7 Å². The van der Waals surface area contributed by atoms with Crippen LogP contribution in [0.5, 0.6) is 0 Å². The third-order valence-corrected chi connectivity index (χ3v) is 3.14. The Bertz CT molecular complexity index is 266. The zero-order valence-corrected chi connectivity index (χ0v) is 10.1. The fourth-order valence-corrected chi connectivity index (χ4v) is 2.67. The number of aryl methyl sites for hydroxylation is 1. The summed E-state index contributed by atoms with van der Waals surface area (Å²) in [6, 6.07) is 8.79. The van der Waals surface area contributed by atoms with Crippen LogP contribution in [-0.2, 0) is 0 Å². The Morgan fingerprint density at radius 3 is 2.46 bits per heavy atom. The predicted octanol–water partition coefficient (Wildman–Crippen LogP) is 4.13. The van der Waals surface area contributed by atoms with E-state index in [0.29, 0.717) is 11.8 Å². The second-order valence-corrected chi connectivity index (χ2v) is 4.57. The van der Waals surface area contributed by atoms with E-state index in [2.05, 4.69) is 61.0 Å². The molecule has 13 heavy (non-hydrogen) atoms. The second kappa shape index (κ2) is 4.80. The van der Waals surface area contributed by atoms with E-state index >= 15 is 0 Å². The van der Waals surface area contributed by atoms with E-state index in [0.717, 1.165) is 5.33 Å². The van der Waals surface area contributed by atoms with Crippen LogP contribution in [0.15, 0.2) is 24.3 Å². The molecule has 0 N–H and O–H groups in total. The van der Waals surface area contributed by atoms with Gasteiger partial charge in [-0.15, -0.1) is 0 Å². The van der Waals surface area contributed by atoms with E-state index in [9.17, 15) is 0 Å². The Morgan fingerprint density at radius 1 is 1.31 bits per heavy atom. The first kappa shape index (κ1) is 10.8. The highest BCUT2D eigenvalue weighted by molar-refractivity contribution is 9.09. The first-order chi connectivity index (χ1) is 6.15. The average molecular weight is 241 g/mol. The minimum Gasteiger partial charge on any atom is -0.0921 e. The summed E-state index contributed by atoms with van der Waals surface area (Å²) in [4.78, 5) is 0. The van der Waals surface area contributed by atoms with Gasteiger partial charge in [0.1, 0.15) is 0 Å². The van der Waals surface area contributed by atoms with Gasteiger partial charge in [0.05, 0.1) is 0 Å². The van der Waals surface area contributed by atoms with Gasteiger partial charge in [-0.05, 0) is 24.3 Å². The summed E-state index contributed by atoms with van der Waals surface area (Å²) in [5.74, 6) is 1.33. The fourth-order valence-electron chi connectivity index (χ4n) is 1.55. The molecule has 0 nitrogen and oxygen atoms in total. The Labute approximate surface area is 89.5 Å². The summed E-state index contributed by atoms with van der Waals surface area (Å²) in [7, 11) is 0. The molecular formula is C12H17Br. The highest BCUT2D eigenvalue weighted by atomic mass is 79.9. The molecular weight excluding hydrogens is 224 g/mol. The topological polar surface area (TPSA) is 0 Å². The maximum absolute atomic E-state index is 3.58. The van der Waals surface area contributed by atoms with Crippen LogP contribution < -0.4 is 0 Å². The zero-order chi connectivity index (χ0) is 9.84. The van der Waals surface area contributed by atoms with Crippen LogP contribution in [0.1, 0.15) is 30.9 Å². The van der Waals surface area contributed by atoms with Crippen LogP contribution in [0.3, 0.4) is 0 Å². The van der Waals surface area contributed by atoms with Gasteiger partial charge in [-0.1, -0.05) is 59.6 Å². The minimum atomic E-state index is 0.639. The van der Waals surface area contributed by atoms with Crippen LogP contribution in [0.25, 0.3) is 0 Å². The number of rotatable bonds is 3. The molecule has 1 rings (SSSR count). The van der Waals surface area contributed by atoms with E-state index in [1.54, 1.807) is 0 Å². The Balaban J connectivity index is 2.91. The molecule has 0 fully saturated rings. The molecule has 0 aliphatic rings. The largest absolute Gasteiger partial charge is 0.0921 e. The van der Waals surface area contributed by atoms with E-state index in [1.165, 1.54) is 11.1 Å². The summed E-state index contributed by atoms with van der Waals surface area (Å²) < 4.78 is 0. The lowest BCUT2D eigenvalue weighted by atomic mass is 9.89. The van der Waals surface area contributed by atoms with Gasteiger partial charge in [0.15, 0.2) is 0 Å². The maximum atomic E-state index is 3.58. The Hall–Kier alpha value is -0.300. The molecule has 0 aromatic heterocycles. The van der Waals surface area contributed by atoms with Crippen LogP contribution in [0, 0.1) is 12.8 Å². The number of hydrogen-bond acceptors (Lipinski definition) is 0. The summed E-state index contributed by atoms with van der Waals surface area (Å²) in [6.07, 6.45) is 0. The third kappa shape index (κ3) is 2.84. The molecule has 1 heteroatoms. The fraction of sp³-hybridized carbons (Fsp3) is 0.500. The van der Waals surface area contributed by atoms with Crippen LogP contribution in [0.2, 0.25) is 0 Å². The van der Waals surface area contributed by atoms with Crippen LogP contribution >= 0.6 is 15.9 Å². The second-order valence-electron chi connectivity index (χ2n) is 3.92. The molecule has 0 bridgehead atoms. The summed E-state index contributed by atoms with van der Waals surface area (Å²) in [6.45, 7) is 6.69. The van der Waals surface area contributed by atoms with Crippen molar-refractivity contribution in [2.75, 3.05) is 5.33 Å². The molecule has 0 spiro atoms. The number of alkyl halides is 1. The van der Waals surface area contributed by atoms with Gasteiger partial charge in [-0.2, -0.15) is 0 Å². The average Bonchev–Trinajstić information content (AvgIpc) is 2.04. The van der Waals surface area contributed by atoms with Crippen LogP contribution in [-0.4, -0.2) is 5.33 Å².